The minimum absolute atomic E-state index is 0.00121. The lowest BCUT2D eigenvalue weighted by Crippen LogP contribution is -2.37. The maximum atomic E-state index is 13.6. The Morgan fingerprint density at radius 1 is 1.21 bits per heavy atom. The van der Waals surface area contributed by atoms with E-state index < -0.39 is 23.5 Å². The molecule has 1 unspecified atom stereocenters. The highest BCUT2D eigenvalue weighted by atomic mass is 16.5. The number of H-pyrrole nitrogens is 1. The number of ketones is 1. The molecule has 0 aliphatic carbocycles. The Balaban J connectivity index is 1.50. The van der Waals surface area contributed by atoms with Gasteiger partial charge in [0.15, 0.2) is 17.1 Å². The van der Waals surface area contributed by atoms with Crippen molar-refractivity contribution in [1.82, 2.24) is 9.88 Å². The van der Waals surface area contributed by atoms with Crippen LogP contribution in [0.5, 0.6) is 5.75 Å². The van der Waals surface area contributed by atoms with Crippen molar-refractivity contribution in [3.05, 3.63) is 96.0 Å². The molecule has 34 heavy (non-hydrogen) atoms. The van der Waals surface area contributed by atoms with Crippen molar-refractivity contribution in [3.8, 4) is 5.75 Å². The van der Waals surface area contributed by atoms with Crippen molar-refractivity contribution in [2.24, 2.45) is 0 Å². The number of para-hydroxylation sites is 1. The largest absolute Gasteiger partial charge is 0.868 e. The highest BCUT2D eigenvalue weighted by molar-refractivity contribution is 6.15. The number of hydrogen-bond acceptors (Lipinski definition) is 5. The van der Waals surface area contributed by atoms with Crippen LogP contribution in [0, 0.1) is 0 Å². The number of benzene rings is 2. The summed E-state index contributed by atoms with van der Waals surface area (Å²) < 4.78 is 13.1. The van der Waals surface area contributed by atoms with Gasteiger partial charge in [0.1, 0.15) is 12.4 Å². The average Bonchev–Trinajstić information content (AvgIpc) is 3.59. The smallest absolute Gasteiger partial charge is 0.241 e. The first-order chi connectivity index (χ1) is 16.6. The van der Waals surface area contributed by atoms with Gasteiger partial charge >= 0.3 is 0 Å². The van der Waals surface area contributed by atoms with Crippen LogP contribution in [-0.2, 0) is 11.3 Å². The highest BCUT2D eigenvalue weighted by Crippen LogP contribution is 2.39. The van der Waals surface area contributed by atoms with Gasteiger partial charge in [0.2, 0.25) is 18.0 Å². The summed E-state index contributed by atoms with van der Waals surface area (Å²) in [7, 11) is 1.52. The maximum absolute atomic E-state index is 13.6. The SMILES string of the molecule is COc1cccc2cc(C(=O)C3=C([O-])C(=O)N(CCC[n+]4cc[nH]c4)C3c3ccccc3)oc12. The molecule has 3 heterocycles. The molecule has 8 heteroatoms. The second-order valence-electron chi connectivity index (χ2n) is 8.08. The Hall–Kier alpha value is -4.33. The molecule has 2 aromatic heterocycles. The molecule has 0 radical (unpaired) electrons. The van der Waals surface area contributed by atoms with Crippen molar-refractivity contribution in [2.45, 2.75) is 19.0 Å². The molecule has 1 atom stereocenters. The number of Topliss-reactive ketones (excluding diaryl/α,β-unsaturated/α-hetero) is 1. The lowest BCUT2D eigenvalue weighted by atomic mass is 9.95. The Bertz CT molecular complexity index is 1370. The van der Waals surface area contributed by atoms with Gasteiger partial charge < -0.3 is 19.2 Å². The fraction of sp³-hybridized carbons (Fsp3) is 0.192. The first-order valence-electron chi connectivity index (χ1n) is 11.0. The Labute approximate surface area is 195 Å². The topological polar surface area (TPSA) is 102 Å². The third-order valence-electron chi connectivity index (χ3n) is 6.01. The zero-order valence-corrected chi connectivity index (χ0v) is 18.6. The van der Waals surface area contributed by atoms with Crippen LogP contribution in [0.3, 0.4) is 0 Å². The number of nitrogens with one attached hydrogen (secondary N) is 1. The summed E-state index contributed by atoms with van der Waals surface area (Å²) in [6, 6.07) is 15.3. The Kier molecular flexibility index (Phi) is 5.63. The number of ether oxygens (including phenoxy) is 1. The number of carbonyl (C=O) groups is 2. The Morgan fingerprint density at radius 3 is 2.76 bits per heavy atom. The van der Waals surface area contributed by atoms with Crippen LogP contribution in [0.1, 0.15) is 28.6 Å². The zero-order chi connectivity index (χ0) is 23.7. The summed E-state index contributed by atoms with van der Waals surface area (Å²) in [6.45, 7) is 0.989. The van der Waals surface area contributed by atoms with E-state index in [4.69, 9.17) is 9.15 Å². The predicted molar refractivity (Wildman–Crippen MR) is 121 cm³/mol. The van der Waals surface area contributed by atoms with E-state index in [2.05, 4.69) is 4.98 Å². The van der Waals surface area contributed by atoms with E-state index in [9.17, 15) is 14.7 Å². The van der Waals surface area contributed by atoms with Gasteiger partial charge in [0, 0.05) is 23.9 Å². The molecule has 0 saturated heterocycles. The van der Waals surface area contributed by atoms with Crippen molar-refractivity contribution >= 4 is 22.7 Å². The van der Waals surface area contributed by atoms with Crippen LogP contribution in [0.2, 0.25) is 0 Å². The third-order valence-corrected chi connectivity index (χ3v) is 6.01. The molecule has 1 aliphatic heterocycles. The maximum Gasteiger partial charge on any atom is 0.241 e. The van der Waals surface area contributed by atoms with Crippen LogP contribution in [-0.4, -0.2) is 35.2 Å². The van der Waals surface area contributed by atoms with Gasteiger partial charge in [-0.2, -0.15) is 0 Å². The van der Waals surface area contributed by atoms with Gasteiger partial charge in [-0.15, -0.1) is 0 Å². The fourth-order valence-electron chi connectivity index (χ4n) is 4.41. The second-order valence-corrected chi connectivity index (χ2v) is 8.08. The van der Waals surface area contributed by atoms with E-state index in [0.717, 1.165) is 0 Å². The van der Waals surface area contributed by atoms with Crippen molar-refractivity contribution in [2.75, 3.05) is 13.7 Å². The first-order valence-corrected chi connectivity index (χ1v) is 11.0. The summed E-state index contributed by atoms with van der Waals surface area (Å²) in [4.78, 5) is 31.1. The summed E-state index contributed by atoms with van der Waals surface area (Å²) in [5.74, 6) is -1.57. The molecular weight excluding hydrogens is 434 g/mol. The number of amides is 1. The van der Waals surface area contributed by atoms with E-state index in [1.54, 1.807) is 24.3 Å². The lowest BCUT2D eigenvalue weighted by Gasteiger charge is -2.27. The number of carbonyl (C=O) groups excluding carboxylic acids is 2. The van der Waals surface area contributed by atoms with Crippen molar-refractivity contribution < 1.29 is 28.4 Å². The Morgan fingerprint density at radius 2 is 2.03 bits per heavy atom. The number of nitrogens with zero attached hydrogens (tertiary/aromatic N) is 2. The third kappa shape index (κ3) is 3.73. The minimum Gasteiger partial charge on any atom is -0.868 e. The van der Waals surface area contributed by atoms with Crippen LogP contribution in [0.15, 0.2) is 89.1 Å². The number of aryl methyl sites for hydroxylation is 1. The number of imidazole rings is 1. The number of rotatable bonds is 8. The van der Waals surface area contributed by atoms with Gasteiger partial charge in [-0.3, -0.25) is 14.6 Å². The summed E-state index contributed by atoms with van der Waals surface area (Å²) in [6.07, 6.45) is 6.14. The molecule has 1 aliphatic rings. The number of furan rings is 1. The van der Waals surface area contributed by atoms with E-state index in [1.807, 2.05) is 53.6 Å². The fourth-order valence-corrected chi connectivity index (χ4v) is 4.41. The van der Waals surface area contributed by atoms with Crippen LogP contribution in [0.25, 0.3) is 11.0 Å². The van der Waals surface area contributed by atoms with Crippen LogP contribution < -0.4 is 14.4 Å². The molecule has 0 spiro atoms. The summed E-state index contributed by atoms with van der Waals surface area (Å²) in [5.41, 5.74) is 1.03. The standard InChI is InChI=1S/C26H23N3O5/c1-33-19-10-5-9-18-15-20(34-25(18)19)23(30)21-22(17-7-3-2-4-8-17)29(26(32)24(21)31)13-6-12-28-14-11-27-16-28/h2-5,7-11,14-16,22H,6,12-13H2,1H3,(H,30,31). The van der Waals surface area contributed by atoms with E-state index >= 15 is 0 Å². The van der Waals surface area contributed by atoms with Crippen LogP contribution in [0.4, 0.5) is 0 Å². The summed E-state index contributed by atoms with van der Waals surface area (Å²) >= 11 is 0. The molecular formula is C26H23N3O5. The monoisotopic (exact) mass is 457 g/mol. The molecule has 4 aromatic rings. The first kappa shape index (κ1) is 21.5. The molecule has 172 valence electrons. The number of hydrogen-bond donors (Lipinski definition) is 1. The molecule has 5 rings (SSSR count). The predicted octanol–water partition coefficient (Wildman–Crippen LogP) is 2.53. The average molecular weight is 457 g/mol. The molecule has 0 bridgehead atoms. The van der Waals surface area contributed by atoms with Crippen LogP contribution >= 0.6 is 0 Å². The quantitative estimate of drug-likeness (QED) is 0.324. The van der Waals surface area contributed by atoms with Gasteiger partial charge in [-0.25, -0.2) is 4.57 Å². The van der Waals surface area contributed by atoms with Gasteiger partial charge in [0.05, 0.1) is 19.7 Å². The van der Waals surface area contributed by atoms with E-state index in [0.29, 0.717) is 41.8 Å². The van der Waals surface area contributed by atoms with E-state index in [-0.39, 0.29) is 11.3 Å². The number of methoxy groups -OCH3 is 1. The molecule has 1 amide bonds. The molecule has 8 nitrogen and oxygen atoms in total. The van der Waals surface area contributed by atoms with Gasteiger partial charge in [-0.1, -0.05) is 42.5 Å². The number of aromatic nitrogens is 2. The number of fused-ring (bicyclic) bond motifs is 1. The number of aromatic amines is 1. The van der Waals surface area contributed by atoms with E-state index in [1.165, 1.54) is 12.0 Å². The molecule has 1 N–H and O–H groups in total. The van der Waals surface area contributed by atoms with Gasteiger partial charge in [-0.05, 0) is 23.5 Å². The molecule has 0 saturated carbocycles. The normalized spacial score (nSPS) is 16.0. The molecule has 0 fully saturated rings. The molecule has 2 aromatic carbocycles. The van der Waals surface area contributed by atoms with Gasteiger partial charge in [0.25, 0.3) is 0 Å². The lowest BCUT2D eigenvalue weighted by molar-refractivity contribution is -0.695. The minimum atomic E-state index is -0.791. The van der Waals surface area contributed by atoms with Crippen molar-refractivity contribution in [1.29, 1.82) is 0 Å². The summed E-state index contributed by atoms with van der Waals surface area (Å²) in [5, 5.41) is 13.8. The highest BCUT2D eigenvalue weighted by Gasteiger charge is 2.40. The van der Waals surface area contributed by atoms with Crippen molar-refractivity contribution in [3.63, 3.8) is 0 Å². The second kappa shape index (κ2) is 8.90. The zero-order valence-electron chi connectivity index (χ0n) is 18.6.